The van der Waals surface area contributed by atoms with E-state index in [4.69, 9.17) is 4.74 Å². The molecule has 0 spiro atoms. The van der Waals surface area contributed by atoms with Gasteiger partial charge in [-0.1, -0.05) is 30.3 Å². The summed E-state index contributed by atoms with van der Waals surface area (Å²) in [7, 11) is 1.69. The van der Waals surface area contributed by atoms with Crippen LogP contribution < -0.4 is 5.32 Å². The third kappa shape index (κ3) is 2.85. The number of anilines is 1. The summed E-state index contributed by atoms with van der Waals surface area (Å²) >= 11 is 0. The van der Waals surface area contributed by atoms with Gasteiger partial charge in [-0.25, -0.2) is 4.98 Å². The molecule has 0 saturated carbocycles. The van der Waals surface area contributed by atoms with E-state index >= 15 is 0 Å². The summed E-state index contributed by atoms with van der Waals surface area (Å²) in [4.78, 5) is 8.71. The summed E-state index contributed by atoms with van der Waals surface area (Å²) in [6.07, 6.45) is 1.61. The Morgan fingerprint density at radius 3 is 2.86 bits per heavy atom. The van der Waals surface area contributed by atoms with Gasteiger partial charge in [-0.3, -0.25) is 0 Å². The van der Waals surface area contributed by atoms with Crippen LogP contribution in [0.25, 0.3) is 17.0 Å². The number of benzene rings is 1. The third-order valence-electron chi connectivity index (χ3n) is 3.29. The zero-order chi connectivity index (χ0) is 14.7. The summed E-state index contributed by atoms with van der Waals surface area (Å²) in [6, 6.07) is 12.0. The van der Waals surface area contributed by atoms with Gasteiger partial charge in [0.15, 0.2) is 0 Å². The lowest BCUT2D eigenvalue weighted by Gasteiger charge is -2.13. The van der Waals surface area contributed by atoms with E-state index in [0.717, 1.165) is 17.1 Å². The van der Waals surface area contributed by atoms with E-state index in [1.54, 1.807) is 11.6 Å². The van der Waals surface area contributed by atoms with E-state index in [2.05, 4.69) is 20.4 Å². The van der Waals surface area contributed by atoms with Crippen LogP contribution in [0.5, 0.6) is 0 Å². The second-order valence-corrected chi connectivity index (χ2v) is 4.79. The second-order valence-electron chi connectivity index (χ2n) is 4.79. The lowest BCUT2D eigenvalue weighted by atomic mass is 10.1. The largest absolute Gasteiger partial charge is 0.380 e. The Balaban J connectivity index is 2.00. The molecule has 0 aliphatic rings. The monoisotopic (exact) mass is 283 g/mol. The van der Waals surface area contributed by atoms with Crippen molar-refractivity contribution in [1.29, 1.82) is 0 Å². The molecule has 0 saturated heterocycles. The predicted molar refractivity (Wildman–Crippen MR) is 81.2 cm³/mol. The summed E-state index contributed by atoms with van der Waals surface area (Å²) in [6.45, 7) is 2.69. The first kappa shape index (κ1) is 13.5. The molecule has 6 nitrogen and oxygen atoms in total. The van der Waals surface area contributed by atoms with Gasteiger partial charge in [-0.2, -0.15) is 14.6 Å². The lowest BCUT2D eigenvalue weighted by molar-refractivity contribution is 0.128. The Kier molecular flexibility index (Phi) is 3.79. The normalized spacial score (nSPS) is 12.5. The Bertz CT molecular complexity index is 725. The fourth-order valence-corrected chi connectivity index (χ4v) is 2.03. The lowest BCUT2D eigenvalue weighted by Crippen LogP contribution is -2.19. The minimum Gasteiger partial charge on any atom is -0.380 e. The number of nitrogens with one attached hydrogen (secondary N) is 1. The molecule has 1 atom stereocenters. The highest BCUT2D eigenvalue weighted by Crippen LogP contribution is 2.21. The maximum Gasteiger partial charge on any atom is 0.254 e. The first-order valence-electron chi connectivity index (χ1n) is 6.81. The number of rotatable bonds is 5. The van der Waals surface area contributed by atoms with E-state index < -0.39 is 0 Å². The fourth-order valence-electron chi connectivity index (χ4n) is 2.03. The van der Waals surface area contributed by atoms with Crippen LogP contribution in [-0.4, -0.2) is 39.3 Å². The van der Waals surface area contributed by atoms with Crippen molar-refractivity contribution in [3.63, 3.8) is 0 Å². The number of hydrogen-bond donors (Lipinski definition) is 1. The van der Waals surface area contributed by atoms with Crippen LogP contribution in [-0.2, 0) is 4.74 Å². The molecule has 1 N–H and O–H groups in total. The Hall–Kier alpha value is -2.47. The van der Waals surface area contributed by atoms with Crippen LogP contribution in [0.4, 0.5) is 5.82 Å². The SMILES string of the molecule is COC(C)CNc1cc(-c2ccccc2)nc2ncnn12. The molecular weight excluding hydrogens is 266 g/mol. The zero-order valence-corrected chi connectivity index (χ0v) is 12.0. The smallest absolute Gasteiger partial charge is 0.254 e. The second kappa shape index (κ2) is 5.88. The number of hydrogen-bond acceptors (Lipinski definition) is 5. The summed E-state index contributed by atoms with van der Waals surface area (Å²) in [5, 5.41) is 7.53. The van der Waals surface area contributed by atoms with Crippen molar-refractivity contribution in [3.8, 4) is 11.3 Å². The highest BCUT2D eigenvalue weighted by atomic mass is 16.5. The highest BCUT2D eigenvalue weighted by molar-refractivity contribution is 5.65. The van der Waals surface area contributed by atoms with Gasteiger partial charge in [0.1, 0.15) is 12.1 Å². The van der Waals surface area contributed by atoms with Gasteiger partial charge in [-0.05, 0) is 6.92 Å². The molecule has 1 unspecified atom stereocenters. The van der Waals surface area contributed by atoms with Crippen molar-refractivity contribution >= 4 is 11.6 Å². The molecule has 21 heavy (non-hydrogen) atoms. The zero-order valence-electron chi connectivity index (χ0n) is 12.0. The number of methoxy groups -OCH3 is 1. The van der Waals surface area contributed by atoms with Gasteiger partial charge in [0.05, 0.1) is 11.8 Å². The average molecular weight is 283 g/mol. The first-order valence-corrected chi connectivity index (χ1v) is 6.81. The van der Waals surface area contributed by atoms with Gasteiger partial charge in [0.25, 0.3) is 5.78 Å². The maximum atomic E-state index is 5.26. The number of fused-ring (bicyclic) bond motifs is 1. The summed E-state index contributed by atoms with van der Waals surface area (Å²) in [5.41, 5.74) is 1.91. The van der Waals surface area contributed by atoms with E-state index in [1.807, 2.05) is 43.3 Å². The van der Waals surface area contributed by atoms with Crippen molar-refractivity contribution in [3.05, 3.63) is 42.7 Å². The fraction of sp³-hybridized carbons (Fsp3) is 0.267. The topological polar surface area (TPSA) is 64.3 Å². The molecule has 0 amide bonds. The minimum absolute atomic E-state index is 0.108. The van der Waals surface area contributed by atoms with Gasteiger partial charge < -0.3 is 10.1 Å². The summed E-state index contributed by atoms with van der Waals surface area (Å²) in [5.74, 6) is 1.42. The molecule has 0 fully saturated rings. The third-order valence-corrected chi connectivity index (χ3v) is 3.29. The van der Waals surface area contributed by atoms with Crippen LogP contribution in [0.1, 0.15) is 6.92 Å². The van der Waals surface area contributed by atoms with E-state index in [1.165, 1.54) is 6.33 Å². The quantitative estimate of drug-likeness (QED) is 0.778. The predicted octanol–water partition coefficient (Wildman–Crippen LogP) is 2.24. The van der Waals surface area contributed by atoms with Gasteiger partial charge in [0.2, 0.25) is 0 Å². The number of ether oxygens (including phenoxy) is 1. The average Bonchev–Trinajstić information content (AvgIpc) is 3.01. The molecule has 6 heteroatoms. The highest BCUT2D eigenvalue weighted by Gasteiger charge is 2.09. The van der Waals surface area contributed by atoms with Crippen LogP contribution in [0, 0.1) is 0 Å². The van der Waals surface area contributed by atoms with E-state index in [9.17, 15) is 0 Å². The molecule has 2 aromatic heterocycles. The van der Waals surface area contributed by atoms with Crippen molar-refractivity contribution < 1.29 is 4.74 Å². The molecule has 3 rings (SSSR count). The van der Waals surface area contributed by atoms with E-state index in [0.29, 0.717) is 12.3 Å². The van der Waals surface area contributed by atoms with Gasteiger partial charge >= 0.3 is 0 Å². The van der Waals surface area contributed by atoms with Crippen LogP contribution in [0.3, 0.4) is 0 Å². The van der Waals surface area contributed by atoms with E-state index in [-0.39, 0.29) is 6.10 Å². The van der Waals surface area contributed by atoms with Crippen molar-refractivity contribution in [2.45, 2.75) is 13.0 Å². The van der Waals surface area contributed by atoms with Crippen LogP contribution in [0.15, 0.2) is 42.7 Å². The molecule has 0 aliphatic carbocycles. The van der Waals surface area contributed by atoms with Gasteiger partial charge in [-0.15, -0.1) is 0 Å². The molecule has 108 valence electrons. The van der Waals surface area contributed by atoms with Crippen molar-refractivity contribution in [2.75, 3.05) is 19.0 Å². The molecule has 1 aromatic carbocycles. The van der Waals surface area contributed by atoms with Crippen LogP contribution >= 0.6 is 0 Å². The maximum absolute atomic E-state index is 5.26. The Morgan fingerprint density at radius 2 is 2.10 bits per heavy atom. The number of aromatic nitrogens is 4. The van der Waals surface area contributed by atoms with Crippen molar-refractivity contribution in [1.82, 2.24) is 19.6 Å². The standard InChI is InChI=1S/C15H17N5O/c1-11(21-2)9-16-14-8-13(12-6-4-3-5-7-12)19-15-17-10-18-20(14)15/h3-8,10-11,16H,9H2,1-2H3. The van der Waals surface area contributed by atoms with Crippen LogP contribution in [0.2, 0.25) is 0 Å². The van der Waals surface area contributed by atoms with Crippen molar-refractivity contribution in [2.24, 2.45) is 0 Å². The molecular formula is C15H17N5O. The molecule has 0 aliphatic heterocycles. The van der Waals surface area contributed by atoms with Gasteiger partial charge in [0, 0.05) is 25.3 Å². The minimum atomic E-state index is 0.108. The molecule has 2 heterocycles. The summed E-state index contributed by atoms with van der Waals surface area (Å²) < 4.78 is 6.95. The Labute approximate surface area is 122 Å². The molecule has 0 bridgehead atoms. The molecule has 3 aromatic rings. The number of nitrogens with zero attached hydrogens (tertiary/aromatic N) is 4. The molecule has 0 radical (unpaired) electrons. The Morgan fingerprint density at radius 1 is 1.29 bits per heavy atom. The first-order chi connectivity index (χ1) is 10.3.